The van der Waals surface area contributed by atoms with Gasteiger partial charge < -0.3 is 19.1 Å². The standard InChI is InChI=1S/C15H16N2O7/c1-22-15(19)10-4-12-13(5-11(10)17(20)21)24-8-14(18)16(12)6-9-2-3-23-7-9/h4-5,9H,2-3,6-8H2,1H3. The number of nitro groups is 1. The van der Waals surface area contributed by atoms with Gasteiger partial charge in [0.05, 0.1) is 30.4 Å². The van der Waals surface area contributed by atoms with Gasteiger partial charge in [-0.1, -0.05) is 0 Å². The number of nitrogens with zero attached hydrogens (tertiary/aromatic N) is 2. The quantitative estimate of drug-likeness (QED) is 0.461. The number of methoxy groups -OCH3 is 1. The van der Waals surface area contributed by atoms with Crippen molar-refractivity contribution in [3.8, 4) is 5.75 Å². The molecule has 1 atom stereocenters. The molecule has 0 spiro atoms. The highest BCUT2D eigenvalue weighted by molar-refractivity contribution is 6.02. The van der Waals surface area contributed by atoms with Crippen LogP contribution >= 0.6 is 0 Å². The minimum atomic E-state index is -0.841. The molecule has 3 rings (SSSR count). The second-order valence-corrected chi connectivity index (χ2v) is 5.61. The molecule has 1 aromatic rings. The lowest BCUT2D eigenvalue weighted by molar-refractivity contribution is -0.385. The van der Waals surface area contributed by atoms with Crippen LogP contribution in [0.15, 0.2) is 12.1 Å². The Balaban J connectivity index is 2.03. The molecule has 1 unspecified atom stereocenters. The molecule has 2 aliphatic rings. The Morgan fingerprint density at radius 3 is 2.92 bits per heavy atom. The summed E-state index contributed by atoms with van der Waals surface area (Å²) in [6.45, 7) is 1.41. The highest BCUT2D eigenvalue weighted by Crippen LogP contribution is 2.38. The van der Waals surface area contributed by atoms with Crippen LogP contribution in [0.2, 0.25) is 0 Å². The van der Waals surface area contributed by atoms with E-state index in [9.17, 15) is 19.7 Å². The van der Waals surface area contributed by atoms with Crippen molar-refractivity contribution in [1.29, 1.82) is 0 Å². The Labute approximate surface area is 137 Å². The maximum absolute atomic E-state index is 12.2. The third kappa shape index (κ3) is 2.90. The van der Waals surface area contributed by atoms with Gasteiger partial charge in [-0.25, -0.2) is 4.79 Å². The van der Waals surface area contributed by atoms with Gasteiger partial charge in [-0.05, 0) is 12.5 Å². The van der Waals surface area contributed by atoms with Crippen molar-refractivity contribution in [3.63, 3.8) is 0 Å². The van der Waals surface area contributed by atoms with Crippen molar-refractivity contribution in [1.82, 2.24) is 0 Å². The van der Waals surface area contributed by atoms with Gasteiger partial charge in [0.25, 0.3) is 11.6 Å². The first-order chi connectivity index (χ1) is 11.5. The third-order valence-corrected chi connectivity index (χ3v) is 4.09. The lowest BCUT2D eigenvalue weighted by atomic mass is 10.1. The minimum Gasteiger partial charge on any atom is -0.481 e. The third-order valence-electron chi connectivity index (χ3n) is 4.09. The zero-order valence-electron chi connectivity index (χ0n) is 13.0. The van der Waals surface area contributed by atoms with Crippen molar-refractivity contribution in [3.05, 3.63) is 27.8 Å². The molecule has 24 heavy (non-hydrogen) atoms. The van der Waals surface area contributed by atoms with Crippen LogP contribution in [0.3, 0.4) is 0 Å². The zero-order valence-corrected chi connectivity index (χ0v) is 13.0. The molecule has 2 aliphatic heterocycles. The average Bonchev–Trinajstić information content (AvgIpc) is 3.08. The number of hydrogen-bond donors (Lipinski definition) is 0. The Morgan fingerprint density at radius 2 is 2.29 bits per heavy atom. The van der Waals surface area contributed by atoms with E-state index in [-0.39, 0.29) is 29.7 Å². The van der Waals surface area contributed by atoms with Crippen LogP contribution in [0.1, 0.15) is 16.8 Å². The highest BCUT2D eigenvalue weighted by atomic mass is 16.6. The fourth-order valence-corrected chi connectivity index (χ4v) is 2.85. The Hall–Kier alpha value is -2.68. The lowest BCUT2D eigenvalue weighted by Gasteiger charge is -2.31. The van der Waals surface area contributed by atoms with Crippen LogP contribution in [-0.4, -0.2) is 50.3 Å². The van der Waals surface area contributed by atoms with Crippen molar-refractivity contribution < 1.29 is 28.7 Å². The van der Waals surface area contributed by atoms with Gasteiger partial charge >= 0.3 is 5.97 Å². The van der Waals surface area contributed by atoms with Gasteiger partial charge in [-0.3, -0.25) is 14.9 Å². The van der Waals surface area contributed by atoms with E-state index in [1.54, 1.807) is 0 Å². The number of carbonyl (C=O) groups excluding carboxylic acids is 2. The van der Waals surface area contributed by atoms with E-state index in [2.05, 4.69) is 4.74 Å². The van der Waals surface area contributed by atoms with Crippen molar-refractivity contribution in [2.75, 3.05) is 38.4 Å². The average molecular weight is 336 g/mol. The van der Waals surface area contributed by atoms with Crippen LogP contribution in [-0.2, 0) is 14.3 Å². The van der Waals surface area contributed by atoms with Crippen LogP contribution in [0.5, 0.6) is 5.75 Å². The van der Waals surface area contributed by atoms with Crippen molar-refractivity contribution in [2.45, 2.75) is 6.42 Å². The number of esters is 1. The van der Waals surface area contributed by atoms with Crippen LogP contribution in [0.25, 0.3) is 0 Å². The largest absolute Gasteiger partial charge is 0.481 e. The summed E-state index contributed by atoms with van der Waals surface area (Å²) < 4.78 is 15.2. The van der Waals surface area contributed by atoms with E-state index in [1.165, 1.54) is 11.0 Å². The highest BCUT2D eigenvalue weighted by Gasteiger charge is 2.33. The lowest BCUT2D eigenvalue weighted by Crippen LogP contribution is -2.42. The maximum Gasteiger partial charge on any atom is 0.344 e. The van der Waals surface area contributed by atoms with Crippen molar-refractivity contribution in [2.24, 2.45) is 5.92 Å². The predicted octanol–water partition coefficient (Wildman–Crippen LogP) is 1.14. The number of rotatable bonds is 4. The van der Waals surface area contributed by atoms with Crippen LogP contribution in [0, 0.1) is 16.0 Å². The smallest absolute Gasteiger partial charge is 0.344 e. The fraction of sp³-hybridized carbons (Fsp3) is 0.467. The summed E-state index contributed by atoms with van der Waals surface area (Å²) in [5, 5.41) is 11.2. The second-order valence-electron chi connectivity index (χ2n) is 5.61. The molecule has 9 nitrogen and oxygen atoms in total. The molecule has 0 aliphatic carbocycles. The van der Waals surface area contributed by atoms with E-state index in [0.29, 0.717) is 25.4 Å². The van der Waals surface area contributed by atoms with Crippen LogP contribution in [0.4, 0.5) is 11.4 Å². The molecular weight excluding hydrogens is 320 g/mol. The number of hydrogen-bond acceptors (Lipinski definition) is 7. The molecule has 0 bridgehead atoms. The molecule has 1 aromatic carbocycles. The summed E-state index contributed by atoms with van der Waals surface area (Å²) in [6.07, 6.45) is 0.830. The first-order valence-electron chi connectivity index (χ1n) is 7.43. The second kappa shape index (κ2) is 6.44. The van der Waals surface area contributed by atoms with E-state index in [1.807, 2.05) is 0 Å². The van der Waals surface area contributed by atoms with Gasteiger partial charge in [0.15, 0.2) is 12.4 Å². The summed E-state index contributed by atoms with van der Waals surface area (Å²) in [7, 11) is 1.14. The summed E-state index contributed by atoms with van der Waals surface area (Å²) in [4.78, 5) is 36.1. The Bertz CT molecular complexity index is 697. The molecular formula is C15H16N2O7. The van der Waals surface area contributed by atoms with Gasteiger partial charge in [0.2, 0.25) is 0 Å². The molecule has 128 valence electrons. The Morgan fingerprint density at radius 1 is 1.50 bits per heavy atom. The number of nitro benzene ring substituents is 1. The van der Waals surface area contributed by atoms with Crippen LogP contribution < -0.4 is 9.64 Å². The number of fused-ring (bicyclic) bond motifs is 1. The van der Waals surface area contributed by atoms with E-state index in [4.69, 9.17) is 9.47 Å². The number of anilines is 1. The number of carbonyl (C=O) groups is 2. The van der Waals surface area contributed by atoms with Crippen molar-refractivity contribution >= 4 is 23.3 Å². The first kappa shape index (κ1) is 16.2. The van der Waals surface area contributed by atoms with E-state index >= 15 is 0 Å². The van der Waals surface area contributed by atoms with Gasteiger partial charge in [-0.2, -0.15) is 0 Å². The molecule has 1 fully saturated rings. The van der Waals surface area contributed by atoms with E-state index in [0.717, 1.165) is 19.6 Å². The topological polar surface area (TPSA) is 108 Å². The minimum absolute atomic E-state index is 0.177. The fourth-order valence-electron chi connectivity index (χ4n) is 2.85. The number of ether oxygens (including phenoxy) is 3. The first-order valence-corrected chi connectivity index (χ1v) is 7.43. The number of amides is 1. The monoisotopic (exact) mass is 336 g/mol. The molecule has 0 radical (unpaired) electrons. The summed E-state index contributed by atoms with van der Waals surface area (Å²) >= 11 is 0. The molecule has 1 saturated heterocycles. The molecule has 0 saturated carbocycles. The van der Waals surface area contributed by atoms with Gasteiger partial charge in [0.1, 0.15) is 5.56 Å². The summed E-state index contributed by atoms with van der Waals surface area (Å²) in [5.41, 5.74) is -0.296. The van der Waals surface area contributed by atoms with E-state index < -0.39 is 16.6 Å². The molecule has 1 amide bonds. The molecule has 2 heterocycles. The normalized spacial score (nSPS) is 19.6. The zero-order chi connectivity index (χ0) is 17.3. The SMILES string of the molecule is COC(=O)c1cc2c(cc1[N+](=O)[O-])OCC(=O)N2CC1CCOC1. The summed E-state index contributed by atoms with van der Waals surface area (Å²) in [6, 6.07) is 2.44. The molecule has 0 N–H and O–H groups in total. The van der Waals surface area contributed by atoms with Gasteiger partial charge in [-0.15, -0.1) is 0 Å². The molecule has 0 aromatic heterocycles. The predicted molar refractivity (Wildman–Crippen MR) is 81.2 cm³/mol. The van der Waals surface area contributed by atoms with Gasteiger partial charge in [0, 0.05) is 19.1 Å². The number of benzene rings is 1. The molecule has 9 heteroatoms. The summed E-state index contributed by atoms with van der Waals surface area (Å²) in [5.74, 6) is -0.727. The maximum atomic E-state index is 12.2. The Kier molecular flexibility index (Phi) is 4.34.